The van der Waals surface area contributed by atoms with Gasteiger partial charge in [-0.2, -0.15) is 0 Å². The Morgan fingerprint density at radius 1 is 1.14 bits per heavy atom. The van der Waals surface area contributed by atoms with Crippen LogP contribution in [0.25, 0.3) is 11.3 Å². The molecule has 0 unspecified atom stereocenters. The molecule has 0 saturated carbocycles. The Kier molecular flexibility index (Phi) is 5.24. The number of likely N-dealkylation sites (tertiary alicyclic amines) is 1. The number of furan rings is 1. The fourth-order valence-corrected chi connectivity index (χ4v) is 3.73. The molecule has 1 N–H and O–H groups in total. The summed E-state index contributed by atoms with van der Waals surface area (Å²) in [6.45, 7) is 4.39. The molecule has 2 aromatic heterocycles. The molecule has 28 heavy (non-hydrogen) atoms. The van der Waals surface area contributed by atoms with E-state index < -0.39 is 5.60 Å². The molecule has 0 radical (unpaired) electrons. The topological polar surface area (TPSA) is 71.9 Å². The first-order valence-corrected chi connectivity index (χ1v) is 9.63. The molecular formula is C22H26N2O4. The molecule has 0 bridgehead atoms. The molecule has 0 atom stereocenters. The second kappa shape index (κ2) is 7.81. The van der Waals surface area contributed by atoms with E-state index in [-0.39, 0.29) is 0 Å². The van der Waals surface area contributed by atoms with Crippen LogP contribution in [0.2, 0.25) is 0 Å². The zero-order valence-electron chi connectivity index (χ0n) is 16.4. The quantitative estimate of drug-likeness (QED) is 0.699. The number of rotatable bonds is 6. The summed E-state index contributed by atoms with van der Waals surface area (Å²) in [4.78, 5) is 2.31. The molecule has 3 heterocycles. The number of nitrogens with zero attached hydrogens (tertiary/aromatic N) is 2. The predicted molar refractivity (Wildman–Crippen MR) is 105 cm³/mol. The summed E-state index contributed by atoms with van der Waals surface area (Å²) in [6, 6.07) is 13.6. The summed E-state index contributed by atoms with van der Waals surface area (Å²) in [5.74, 6) is 3.39. The maximum atomic E-state index is 11.0. The predicted octanol–water partition coefficient (Wildman–Crippen LogP) is 3.82. The molecule has 6 nitrogen and oxygen atoms in total. The van der Waals surface area contributed by atoms with Gasteiger partial charge in [-0.3, -0.25) is 4.90 Å². The number of ether oxygens (including phenoxy) is 1. The van der Waals surface area contributed by atoms with E-state index in [9.17, 15) is 5.11 Å². The highest BCUT2D eigenvalue weighted by molar-refractivity contribution is 5.60. The Balaban J connectivity index is 1.36. The Bertz CT molecular complexity index is 922. The first kappa shape index (κ1) is 18.8. The lowest BCUT2D eigenvalue weighted by molar-refractivity contribution is -0.0277. The van der Waals surface area contributed by atoms with Gasteiger partial charge < -0.3 is 18.8 Å². The van der Waals surface area contributed by atoms with Crippen LogP contribution in [0.5, 0.6) is 5.75 Å². The van der Waals surface area contributed by atoms with Crippen molar-refractivity contribution in [2.45, 2.75) is 38.3 Å². The first-order chi connectivity index (χ1) is 13.5. The fourth-order valence-electron chi connectivity index (χ4n) is 3.73. The van der Waals surface area contributed by atoms with Gasteiger partial charge in [0.1, 0.15) is 28.7 Å². The first-order valence-electron chi connectivity index (χ1n) is 9.63. The molecule has 0 amide bonds. The van der Waals surface area contributed by atoms with Crippen molar-refractivity contribution in [2.24, 2.45) is 0 Å². The van der Waals surface area contributed by atoms with Gasteiger partial charge in [-0.05, 0) is 44.0 Å². The normalized spacial score (nSPS) is 17.0. The zero-order valence-corrected chi connectivity index (χ0v) is 16.4. The monoisotopic (exact) mass is 382 g/mol. The molecule has 1 saturated heterocycles. The third-order valence-electron chi connectivity index (χ3n) is 5.39. The Hall–Kier alpha value is -2.57. The van der Waals surface area contributed by atoms with Gasteiger partial charge in [0.15, 0.2) is 0 Å². The lowest BCUT2D eigenvalue weighted by atomic mass is 9.87. The van der Waals surface area contributed by atoms with Gasteiger partial charge in [0.25, 0.3) is 0 Å². The third-order valence-corrected chi connectivity index (χ3v) is 5.39. The number of aromatic nitrogens is 1. The Morgan fingerprint density at radius 2 is 1.96 bits per heavy atom. The number of hydrogen-bond acceptors (Lipinski definition) is 6. The van der Waals surface area contributed by atoms with E-state index in [2.05, 4.69) is 10.1 Å². The SMILES string of the molecule is COc1cccc(-c2cc(CC3(O)CCN(Cc4ccc(C)o4)CC3)on2)c1. The number of aryl methyl sites for hydroxylation is 1. The smallest absolute Gasteiger partial charge is 0.140 e. The minimum atomic E-state index is -0.763. The van der Waals surface area contributed by atoms with Gasteiger partial charge in [-0.1, -0.05) is 17.3 Å². The van der Waals surface area contributed by atoms with E-state index >= 15 is 0 Å². The van der Waals surface area contributed by atoms with Crippen molar-refractivity contribution in [2.75, 3.05) is 20.2 Å². The van der Waals surface area contributed by atoms with E-state index in [1.165, 1.54) is 0 Å². The van der Waals surface area contributed by atoms with E-state index in [0.29, 0.717) is 25.0 Å². The van der Waals surface area contributed by atoms with E-state index in [1.807, 2.05) is 49.4 Å². The number of methoxy groups -OCH3 is 1. The highest BCUT2D eigenvalue weighted by Gasteiger charge is 2.34. The molecule has 0 spiro atoms. The number of piperidine rings is 1. The average Bonchev–Trinajstić information content (AvgIpc) is 3.32. The van der Waals surface area contributed by atoms with Gasteiger partial charge in [-0.25, -0.2) is 0 Å². The van der Waals surface area contributed by atoms with Crippen LogP contribution in [-0.4, -0.2) is 41.0 Å². The summed E-state index contributed by atoms with van der Waals surface area (Å²) in [5, 5.41) is 15.2. The van der Waals surface area contributed by atoms with Gasteiger partial charge in [0.05, 0.1) is 19.3 Å². The standard InChI is InChI=1S/C22H26N2O4/c1-16-6-7-19(27-16)15-24-10-8-22(25,9-11-24)14-20-13-21(23-28-20)17-4-3-5-18(12-17)26-2/h3-7,12-13,25H,8-11,14-15H2,1-2H3. The van der Waals surface area contributed by atoms with Crippen LogP contribution in [-0.2, 0) is 13.0 Å². The van der Waals surface area contributed by atoms with Gasteiger partial charge in [-0.15, -0.1) is 0 Å². The molecule has 1 fully saturated rings. The largest absolute Gasteiger partial charge is 0.497 e. The van der Waals surface area contributed by atoms with Crippen molar-refractivity contribution in [3.63, 3.8) is 0 Å². The second-order valence-corrected chi connectivity index (χ2v) is 7.60. The van der Waals surface area contributed by atoms with Crippen LogP contribution in [0.15, 0.2) is 51.4 Å². The lowest BCUT2D eigenvalue weighted by Gasteiger charge is -2.37. The Labute approximate surface area is 164 Å². The average molecular weight is 382 g/mol. The molecule has 1 aliphatic rings. The van der Waals surface area contributed by atoms with Crippen molar-refractivity contribution in [1.29, 1.82) is 0 Å². The third kappa shape index (κ3) is 4.29. The molecule has 148 valence electrons. The van der Waals surface area contributed by atoms with Crippen LogP contribution in [0, 0.1) is 6.92 Å². The summed E-state index contributed by atoms with van der Waals surface area (Å²) in [5.41, 5.74) is 0.925. The van der Waals surface area contributed by atoms with Crippen molar-refractivity contribution in [3.8, 4) is 17.0 Å². The zero-order chi connectivity index (χ0) is 19.6. The summed E-state index contributed by atoms with van der Waals surface area (Å²) < 4.78 is 16.4. The molecule has 1 aromatic carbocycles. The van der Waals surface area contributed by atoms with Gasteiger partial charge in [0.2, 0.25) is 0 Å². The molecule has 4 rings (SSSR count). The molecule has 3 aromatic rings. The van der Waals surface area contributed by atoms with E-state index in [1.54, 1.807) is 7.11 Å². The van der Waals surface area contributed by atoms with Crippen LogP contribution >= 0.6 is 0 Å². The van der Waals surface area contributed by atoms with Crippen LogP contribution in [0.4, 0.5) is 0 Å². The van der Waals surface area contributed by atoms with Crippen molar-refractivity contribution in [1.82, 2.24) is 10.1 Å². The summed E-state index contributed by atoms with van der Waals surface area (Å²) in [7, 11) is 1.64. The molecular weight excluding hydrogens is 356 g/mol. The second-order valence-electron chi connectivity index (χ2n) is 7.60. The number of hydrogen-bond donors (Lipinski definition) is 1. The fraction of sp³-hybridized carbons (Fsp3) is 0.409. The maximum Gasteiger partial charge on any atom is 0.140 e. The molecule has 0 aliphatic carbocycles. The molecule has 6 heteroatoms. The highest BCUT2D eigenvalue weighted by atomic mass is 16.5. The van der Waals surface area contributed by atoms with Crippen LogP contribution in [0.1, 0.15) is 30.1 Å². The molecule has 1 aliphatic heterocycles. The summed E-state index contributed by atoms with van der Waals surface area (Å²) >= 11 is 0. The highest BCUT2D eigenvalue weighted by Crippen LogP contribution is 2.30. The number of aliphatic hydroxyl groups is 1. The van der Waals surface area contributed by atoms with Gasteiger partial charge >= 0.3 is 0 Å². The van der Waals surface area contributed by atoms with Crippen molar-refractivity contribution in [3.05, 3.63) is 59.7 Å². The Morgan fingerprint density at radius 3 is 2.68 bits per heavy atom. The minimum Gasteiger partial charge on any atom is -0.497 e. The van der Waals surface area contributed by atoms with Crippen LogP contribution in [0.3, 0.4) is 0 Å². The van der Waals surface area contributed by atoms with Gasteiger partial charge in [0, 0.05) is 31.1 Å². The lowest BCUT2D eigenvalue weighted by Crippen LogP contribution is -2.45. The maximum absolute atomic E-state index is 11.0. The summed E-state index contributed by atoms with van der Waals surface area (Å²) in [6.07, 6.45) is 1.86. The van der Waals surface area contributed by atoms with Crippen LogP contribution < -0.4 is 4.74 Å². The minimum absolute atomic E-state index is 0.470. The van der Waals surface area contributed by atoms with E-state index in [4.69, 9.17) is 13.7 Å². The van der Waals surface area contributed by atoms with E-state index in [0.717, 1.165) is 48.2 Å². The number of benzene rings is 1. The van der Waals surface area contributed by atoms with Crippen molar-refractivity contribution < 1.29 is 18.8 Å². The van der Waals surface area contributed by atoms with Crippen molar-refractivity contribution >= 4 is 0 Å².